The van der Waals surface area contributed by atoms with E-state index in [-0.39, 0.29) is 17.9 Å². The van der Waals surface area contributed by atoms with Crippen LogP contribution in [0.15, 0.2) is 47.5 Å². The monoisotopic (exact) mass is 359 g/mol. The summed E-state index contributed by atoms with van der Waals surface area (Å²) < 4.78 is 29.8. The first-order chi connectivity index (χ1) is 12.6. The van der Waals surface area contributed by atoms with Crippen molar-refractivity contribution in [3.05, 3.63) is 48.3 Å². The largest absolute Gasteiger partial charge is 0.490 e. The highest BCUT2D eigenvalue weighted by molar-refractivity contribution is 5.92. The lowest BCUT2D eigenvalue weighted by Gasteiger charge is -2.14. The van der Waals surface area contributed by atoms with E-state index in [9.17, 15) is 4.39 Å². The molecule has 1 aliphatic rings. The van der Waals surface area contributed by atoms with E-state index in [4.69, 9.17) is 19.9 Å². The molecule has 1 aliphatic heterocycles. The summed E-state index contributed by atoms with van der Waals surface area (Å²) in [6.45, 7) is 3.50. The van der Waals surface area contributed by atoms with Crippen LogP contribution >= 0.6 is 0 Å². The van der Waals surface area contributed by atoms with Crippen LogP contribution in [0, 0.1) is 5.82 Å². The molecule has 3 rings (SSSR count). The van der Waals surface area contributed by atoms with Gasteiger partial charge in [-0.15, -0.1) is 0 Å². The van der Waals surface area contributed by atoms with Crippen LogP contribution in [0.5, 0.6) is 17.2 Å². The molecule has 1 unspecified atom stereocenters. The van der Waals surface area contributed by atoms with Crippen LogP contribution in [-0.4, -0.2) is 31.8 Å². The van der Waals surface area contributed by atoms with Gasteiger partial charge in [0.05, 0.1) is 19.8 Å². The number of aliphatic imine (C=N–C) groups is 1. The highest BCUT2D eigenvalue weighted by Gasteiger charge is 2.11. The SMILES string of the molecule is CC(CN=C(N)Nc1ccc2c(c1)OCCCO2)Oc1ccc(F)cc1. The van der Waals surface area contributed by atoms with Crippen molar-refractivity contribution in [2.45, 2.75) is 19.4 Å². The second-order valence-electron chi connectivity index (χ2n) is 5.95. The normalized spacial score (nSPS) is 15.1. The van der Waals surface area contributed by atoms with Gasteiger partial charge in [-0.25, -0.2) is 9.38 Å². The number of hydrogen-bond acceptors (Lipinski definition) is 4. The molecule has 0 bridgehead atoms. The van der Waals surface area contributed by atoms with Crippen LogP contribution < -0.4 is 25.3 Å². The lowest BCUT2D eigenvalue weighted by atomic mass is 10.3. The van der Waals surface area contributed by atoms with Gasteiger partial charge in [0, 0.05) is 18.2 Å². The number of nitrogens with two attached hydrogens (primary N) is 1. The van der Waals surface area contributed by atoms with E-state index < -0.39 is 0 Å². The lowest BCUT2D eigenvalue weighted by molar-refractivity contribution is 0.230. The fraction of sp³-hybridized carbons (Fsp3) is 0.316. The van der Waals surface area contributed by atoms with Gasteiger partial charge in [0.2, 0.25) is 0 Å². The average molecular weight is 359 g/mol. The van der Waals surface area contributed by atoms with Gasteiger partial charge in [-0.05, 0) is 43.3 Å². The van der Waals surface area contributed by atoms with Gasteiger partial charge in [-0.3, -0.25) is 0 Å². The van der Waals surface area contributed by atoms with E-state index in [1.165, 1.54) is 12.1 Å². The van der Waals surface area contributed by atoms with Crippen molar-refractivity contribution in [1.29, 1.82) is 0 Å². The van der Waals surface area contributed by atoms with Gasteiger partial charge in [-0.1, -0.05) is 0 Å². The van der Waals surface area contributed by atoms with Crippen molar-refractivity contribution in [3.63, 3.8) is 0 Å². The van der Waals surface area contributed by atoms with Crippen molar-refractivity contribution in [2.24, 2.45) is 10.7 Å². The first kappa shape index (κ1) is 17.8. The molecule has 0 fully saturated rings. The van der Waals surface area contributed by atoms with E-state index in [0.717, 1.165) is 17.9 Å². The van der Waals surface area contributed by atoms with Crippen molar-refractivity contribution < 1.29 is 18.6 Å². The third kappa shape index (κ3) is 5.02. The molecule has 0 amide bonds. The quantitative estimate of drug-likeness (QED) is 0.633. The minimum absolute atomic E-state index is 0.204. The summed E-state index contributed by atoms with van der Waals surface area (Å²) in [6, 6.07) is 11.4. The summed E-state index contributed by atoms with van der Waals surface area (Å²) in [7, 11) is 0. The Morgan fingerprint density at radius 2 is 1.92 bits per heavy atom. The van der Waals surface area contributed by atoms with Crippen LogP contribution in [0.1, 0.15) is 13.3 Å². The zero-order valence-electron chi connectivity index (χ0n) is 14.6. The Balaban J connectivity index is 1.54. The Morgan fingerprint density at radius 1 is 1.19 bits per heavy atom. The maximum absolute atomic E-state index is 12.9. The Labute approximate surface area is 151 Å². The van der Waals surface area contributed by atoms with Gasteiger partial charge in [0.1, 0.15) is 17.7 Å². The Bertz CT molecular complexity index is 765. The summed E-state index contributed by atoms with van der Waals surface area (Å²) in [6.07, 6.45) is 0.650. The first-order valence-corrected chi connectivity index (χ1v) is 8.49. The predicted molar refractivity (Wildman–Crippen MR) is 98.7 cm³/mol. The number of halogens is 1. The molecule has 0 radical (unpaired) electrons. The number of ether oxygens (including phenoxy) is 3. The Kier molecular flexibility index (Phi) is 5.78. The van der Waals surface area contributed by atoms with E-state index in [2.05, 4.69) is 10.3 Å². The van der Waals surface area contributed by atoms with Crippen molar-refractivity contribution >= 4 is 11.6 Å². The summed E-state index contributed by atoms with van der Waals surface area (Å²) in [5.74, 6) is 1.97. The maximum Gasteiger partial charge on any atom is 0.193 e. The summed E-state index contributed by atoms with van der Waals surface area (Å²) in [5, 5.41) is 3.03. The number of anilines is 1. The molecule has 0 spiro atoms. The molecule has 3 N–H and O–H groups in total. The number of hydrogen-bond donors (Lipinski definition) is 2. The van der Waals surface area contributed by atoms with Crippen LogP contribution in [0.4, 0.5) is 10.1 Å². The molecule has 6 nitrogen and oxygen atoms in total. The van der Waals surface area contributed by atoms with E-state index in [1.807, 2.05) is 25.1 Å². The summed E-state index contributed by atoms with van der Waals surface area (Å²) in [5.41, 5.74) is 6.70. The minimum atomic E-state index is -0.299. The number of nitrogens with one attached hydrogen (secondary N) is 1. The van der Waals surface area contributed by atoms with Crippen LogP contribution in [0.2, 0.25) is 0 Å². The zero-order valence-corrected chi connectivity index (χ0v) is 14.6. The van der Waals surface area contributed by atoms with Gasteiger partial charge >= 0.3 is 0 Å². The standard InChI is InChI=1S/C19H22FN3O3/c1-13(26-16-6-3-14(20)4-7-16)12-22-19(21)23-15-5-8-17-18(11-15)25-10-2-9-24-17/h3-8,11,13H,2,9-10,12H2,1H3,(H3,21,22,23). The number of fused-ring (bicyclic) bond motifs is 1. The minimum Gasteiger partial charge on any atom is -0.490 e. The van der Waals surface area contributed by atoms with Crippen molar-refractivity contribution in [2.75, 3.05) is 25.1 Å². The molecule has 138 valence electrons. The topological polar surface area (TPSA) is 78.1 Å². The average Bonchev–Trinajstić information content (AvgIpc) is 2.87. The highest BCUT2D eigenvalue weighted by Crippen LogP contribution is 2.32. The number of benzene rings is 2. The van der Waals surface area contributed by atoms with Crippen LogP contribution in [0.25, 0.3) is 0 Å². The maximum atomic E-state index is 12.9. The van der Waals surface area contributed by atoms with E-state index in [1.54, 1.807) is 12.1 Å². The Morgan fingerprint density at radius 3 is 2.69 bits per heavy atom. The van der Waals surface area contributed by atoms with Gasteiger partial charge < -0.3 is 25.3 Å². The van der Waals surface area contributed by atoms with Gasteiger partial charge in [0.25, 0.3) is 0 Å². The third-order valence-electron chi connectivity index (χ3n) is 3.69. The molecule has 1 atom stereocenters. The highest BCUT2D eigenvalue weighted by atomic mass is 19.1. The molecule has 0 saturated carbocycles. The fourth-order valence-electron chi connectivity index (χ4n) is 2.44. The molecule has 2 aromatic carbocycles. The molecule has 0 aliphatic carbocycles. The zero-order chi connectivity index (χ0) is 18.4. The predicted octanol–water partition coefficient (Wildman–Crippen LogP) is 3.18. The molecule has 0 saturated heterocycles. The second kappa shape index (κ2) is 8.42. The molecule has 26 heavy (non-hydrogen) atoms. The van der Waals surface area contributed by atoms with Gasteiger partial charge in [-0.2, -0.15) is 0 Å². The van der Waals surface area contributed by atoms with Gasteiger partial charge in [0.15, 0.2) is 17.5 Å². The molecule has 7 heteroatoms. The number of guanidine groups is 1. The van der Waals surface area contributed by atoms with Crippen molar-refractivity contribution in [1.82, 2.24) is 0 Å². The summed E-state index contributed by atoms with van der Waals surface area (Å²) in [4.78, 5) is 4.28. The van der Waals surface area contributed by atoms with E-state index in [0.29, 0.717) is 31.3 Å². The molecule has 0 aromatic heterocycles. The summed E-state index contributed by atoms with van der Waals surface area (Å²) >= 11 is 0. The molecule has 1 heterocycles. The van der Waals surface area contributed by atoms with E-state index >= 15 is 0 Å². The number of rotatable bonds is 5. The fourth-order valence-corrected chi connectivity index (χ4v) is 2.44. The Hall–Kier alpha value is -2.96. The molecular weight excluding hydrogens is 337 g/mol. The number of nitrogens with zero attached hydrogens (tertiary/aromatic N) is 1. The second-order valence-corrected chi connectivity index (χ2v) is 5.95. The van der Waals surface area contributed by atoms with Crippen molar-refractivity contribution in [3.8, 4) is 17.2 Å². The lowest BCUT2D eigenvalue weighted by Crippen LogP contribution is -2.25. The first-order valence-electron chi connectivity index (χ1n) is 8.49. The van der Waals surface area contributed by atoms with Crippen LogP contribution in [0.3, 0.4) is 0 Å². The third-order valence-corrected chi connectivity index (χ3v) is 3.69. The molecule has 2 aromatic rings. The molecular formula is C19H22FN3O3. The smallest absolute Gasteiger partial charge is 0.193 e. The van der Waals surface area contributed by atoms with Crippen LogP contribution in [-0.2, 0) is 0 Å².